The maximum Gasteiger partial charge on any atom is 0.226 e. The number of fused-ring (bicyclic) bond motifs is 1. The number of thiazole rings is 1. The standard InChI is InChI=1S/C16H15F2N3O2S/c17-9-1-2-10(12(18)7-9)11-8-13(22)19-15-14(11)24-16(20-15)21-3-5-23-6-4-21/h1-2,7,11H,3-6,8H2,(H,19,22)/t11-/m0/s1. The molecule has 1 amide bonds. The van der Waals surface area contributed by atoms with Gasteiger partial charge >= 0.3 is 0 Å². The highest BCUT2D eigenvalue weighted by atomic mass is 32.1. The number of hydrogen-bond acceptors (Lipinski definition) is 5. The molecule has 1 N–H and O–H groups in total. The summed E-state index contributed by atoms with van der Waals surface area (Å²) >= 11 is 1.44. The summed E-state index contributed by atoms with van der Waals surface area (Å²) < 4.78 is 32.7. The molecule has 2 aliphatic rings. The van der Waals surface area contributed by atoms with Crippen molar-refractivity contribution >= 4 is 28.2 Å². The molecule has 0 bridgehead atoms. The molecule has 1 aromatic carbocycles. The Kier molecular flexibility index (Phi) is 3.93. The molecular formula is C16H15F2N3O2S. The fourth-order valence-electron chi connectivity index (χ4n) is 3.03. The van der Waals surface area contributed by atoms with Gasteiger partial charge in [-0.2, -0.15) is 0 Å². The molecule has 4 rings (SSSR count). The summed E-state index contributed by atoms with van der Waals surface area (Å²) in [6.45, 7) is 2.73. The summed E-state index contributed by atoms with van der Waals surface area (Å²) in [6, 6.07) is 3.48. The van der Waals surface area contributed by atoms with Gasteiger partial charge in [0, 0.05) is 31.5 Å². The van der Waals surface area contributed by atoms with Crippen LogP contribution in [0.15, 0.2) is 18.2 Å². The van der Waals surface area contributed by atoms with Crippen LogP contribution >= 0.6 is 11.3 Å². The lowest BCUT2D eigenvalue weighted by Gasteiger charge is -2.26. The number of anilines is 2. The van der Waals surface area contributed by atoms with Gasteiger partial charge in [0.05, 0.1) is 18.1 Å². The van der Waals surface area contributed by atoms with Crippen molar-refractivity contribution in [2.45, 2.75) is 12.3 Å². The average Bonchev–Trinajstić information content (AvgIpc) is 2.99. The minimum Gasteiger partial charge on any atom is -0.378 e. The number of halogens is 2. The van der Waals surface area contributed by atoms with Crippen LogP contribution in [0.25, 0.3) is 0 Å². The van der Waals surface area contributed by atoms with Gasteiger partial charge in [0.25, 0.3) is 0 Å². The van der Waals surface area contributed by atoms with Crippen LogP contribution in [-0.2, 0) is 9.53 Å². The lowest BCUT2D eigenvalue weighted by Crippen LogP contribution is -2.36. The molecule has 0 aliphatic carbocycles. The smallest absolute Gasteiger partial charge is 0.226 e. The van der Waals surface area contributed by atoms with Crippen LogP contribution in [0.5, 0.6) is 0 Å². The van der Waals surface area contributed by atoms with Gasteiger partial charge in [0.1, 0.15) is 17.5 Å². The number of rotatable bonds is 2. The molecule has 24 heavy (non-hydrogen) atoms. The molecule has 0 unspecified atom stereocenters. The molecule has 1 fully saturated rings. The van der Waals surface area contributed by atoms with Crippen molar-refractivity contribution in [1.82, 2.24) is 4.98 Å². The van der Waals surface area contributed by atoms with Gasteiger partial charge in [-0.05, 0) is 11.6 Å². The third-order valence-electron chi connectivity index (χ3n) is 4.23. The van der Waals surface area contributed by atoms with Gasteiger partial charge in [0.2, 0.25) is 5.91 Å². The van der Waals surface area contributed by atoms with Crippen LogP contribution in [-0.4, -0.2) is 37.2 Å². The van der Waals surface area contributed by atoms with Crippen molar-refractivity contribution in [3.63, 3.8) is 0 Å². The van der Waals surface area contributed by atoms with Gasteiger partial charge < -0.3 is 15.0 Å². The fraction of sp³-hybridized carbons (Fsp3) is 0.375. The summed E-state index contributed by atoms with van der Waals surface area (Å²) in [5.74, 6) is -1.44. The topological polar surface area (TPSA) is 54.5 Å². The van der Waals surface area contributed by atoms with Crippen LogP contribution in [0.3, 0.4) is 0 Å². The molecule has 3 heterocycles. The normalized spacial score (nSPS) is 20.7. The average molecular weight is 351 g/mol. The number of hydrogen-bond donors (Lipinski definition) is 1. The monoisotopic (exact) mass is 351 g/mol. The van der Waals surface area contributed by atoms with Crippen molar-refractivity contribution in [1.29, 1.82) is 0 Å². The Morgan fingerprint density at radius 2 is 2.08 bits per heavy atom. The first-order valence-corrected chi connectivity index (χ1v) is 8.51. The van der Waals surface area contributed by atoms with Crippen molar-refractivity contribution in [3.8, 4) is 0 Å². The second-order valence-corrected chi connectivity index (χ2v) is 6.79. The fourth-order valence-corrected chi connectivity index (χ4v) is 4.22. The van der Waals surface area contributed by atoms with Crippen LogP contribution in [0, 0.1) is 11.6 Å². The summed E-state index contributed by atoms with van der Waals surface area (Å²) in [5, 5.41) is 3.55. The molecule has 1 atom stereocenters. The first kappa shape index (κ1) is 15.5. The van der Waals surface area contributed by atoms with Crippen LogP contribution in [0.4, 0.5) is 19.7 Å². The van der Waals surface area contributed by atoms with Gasteiger partial charge in [-0.3, -0.25) is 4.79 Å². The minimum atomic E-state index is -0.637. The maximum atomic E-state index is 14.2. The van der Waals surface area contributed by atoms with E-state index in [0.717, 1.165) is 29.2 Å². The number of ether oxygens (including phenoxy) is 1. The molecule has 2 aliphatic heterocycles. The number of benzene rings is 1. The molecule has 5 nitrogen and oxygen atoms in total. The molecular weight excluding hydrogens is 336 g/mol. The van der Waals surface area contributed by atoms with Gasteiger partial charge in [-0.1, -0.05) is 17.4 Å². The van der Waals surface area contributed by atoms with Crippen LogP contribution in [0.1, 0.15) is 22.8 Å². The molecule has 0 saturated carbocycles. The van der Waals surface area contributed by atoms with Crippen LogP contribution < -0.4 is 10.2 Å². The zero-order valence-corrected chi connectivity index (χ0v) is 13.5. The van der Waals surface area contributed by atoms with E-state index in [9.17, 15) is 13.6 Å². The van der Waals surface area contributed by atoms with Crippen molar-refractivity contribution in [2.75, 3.05) is 36.5 Å². The summed E-state index contributed by atoms with van der Waals surface area (Å²) in [6.07, 6.45) is 0.125. The van der Waals surface area contributed by atoms with Crippen molar-refractivity contribution in [3.05, 3.63) is 40.3 Å². The van der Waals surface area contributed by atoms with E-state index in [-0.39, 0.29) is 12.3 Å². The highest BCUT2D eigenvalue weighted by Gasteiger charge is 2.33. The lowest BCUT2D eigenvalue weighted by atomic mass is 9.91. The predicted octanol–water partition coefficient (Wildman–Crippen LogP) is 2.73. The number of nitrogens with one attached hydrogen (secondary N) is 1. The Hall–Kier alpha value is -2.06. The molecule has 0 spiro atoms. The third kappa shape index (κ3) is 2.76. The Morgan fingerprint density at radius 3 is 2.83 bits per heavy atom. The van der Waals surface area contributed by atoms with E-state index in [2.05, 4.69) is 15.2 Å². The SMILES string of the molecule is O=C1C[C@@H](c2ccc(F)cc2F)c2sc(N3CCOCC3)nc2N1. The zero-order chi connectivity index (χ0) is 16.7. The molecule has 0 radical (unpaired) electrons. The minimum absolute atomic E-state index is 0.125. The molecule has 8 heteroatoms. The molecule has 126 valence electrons. The molecule has 1 aromatic heterocycles. The van der Waals surface area contributed by atoms with E-state index in [1.807, 2.05) is 0 Å². The predicted molar refractivity (Wildman–Crippen MR) is 86.6 cm³/mol. The van der Waals surface area contributed by atoms with E-state index in [1.165, 1.54) is 23.5 Å². The number of carbonyl (C=O) groups excluding carboxylic acids is 1. The zero-order valence-electron chi connectivity index (χ0n) is 12.7. The van der Waals surface area contributed by atoms with Crippen molar-refractivity contribution in [2.24, 2.45) is 0 Å². The van der Waals surface area contributed by atoms with Crippen molar-refractivity contribution < 1.29 is 18.3 Å². The van der Waals surface area contributed by atoms with Crippen LogP contribution in [0.2, 0.25) is 0 Å². The van der Waals surface area contributed by atoms with E-state index < -0.39 is 17.6 Å². The quantitative estimate of drug-likeness (QED) is 0.904. The highest BCUT2D eigenvalue weighted by Crippen LogP contribution is 2.43. The largest absolute Gasteiger partial charge is 0.378 e. The van der Waals surface area contributed by atoms with Gasteiger partial charge in [0.15, 0.2) is 5.13 Å². The Labute approximate surface area is 141 Å². The Balaban J connectivity index is 1.73. The number of nitrogens with zero attached hydrogens (tertiary/aromatic N) is 2. The summed E-state index contributed by atoms with van der Waals surface area (Å²) in [7, 11) is 0. The summed E-state index contributed by atoms with van der Waals surface area (Å²) in [4.78, 5) is 19.4. The number of morpholine rings is 1. The van der Waals surface area contributed by atoms with E-state index in [1.54, 1.807) is 0 Å². The van der Waals surface area contributed by atoms with E-state index in [0.29, 0.717) is 24.6 Å². The first-order chi connectivity index (χ1) is 11.6. The lowest BCUT2D eigenvalue weighted by molar-refractivity contribution is -0.116. The maximum absolute atomic E-state index is 14.2. The number of amides is 1. The van der Waals surface area contributed by atoms with Gasteiger partial charge in [-0.15, -0.1) is 0 Å². The Bertz CT molecular complexity index is 790. The second-order valence-electron chi connectivity index (χ2n) is 5.78. The Morgan fingerprint density at radius 1 is 1.29 bits per heavy atom. The second kappa shape index (κ2) is 6.10. The number of carbonyl (C=O) groups is 1. The number of aromatic nitrogens is 1. The van der Waals surface area contributed by atoms with E-state index in [4.69, 9.17) is 4.74 Å². The summed E-state index contributed by atoms with van der Waals surface area (Å²) in [5.41, 5.74) is 0.324. The first-order valence-electron chi connectivity index (χ1n) is 7.70. The van der Waals surface area contributed by atoms with E-state index >= 15 is 0 Å². The third-order valence-corrected chi connectivity index (χ3v) is 5.46. The highest BCUT2D eigenvalue weighted by molar-refractivity contribution is 7.16. The van der Waals surface area contributed by atoms with Gasteiger partial charge in [-0.25, -0.2) is 13.8 Å². The molecule has 1 saturated heterocycles. The molecule has 2 aromatic rings.